The van der Waals surface area contributed by atoms with E-state index in [1.54, 1.807) is 60.7 Å². The second-order valence-corrected chi connectivity index (χ2v) is 10.3. The van der Waals surface area contributed by atoms with Crippen molar-refractivity contribution in [3.63, 3.8) is 0 Å². The summed E-state index contributed by atoms with van der Waals surface area (Å²) in [5.74, 6) is -0.359. The maximum absolute atomic E-state index is 13.6. The van der Waals surface area contributed by atoms with Crippen LogP contribution in [0.4, 0.5) is 11.4 Å². The summed E-state index contributed by atoms with van der Waals surface area (Å²) in [5, 5.41) is 5.59. The van der Waals surface area contributed by atoms with Crippen molar-refractivity contribution in [1.29, 1.82) is 0 Å². The lowest BCUT2D eigenvalue weighted by Crippen LogP contribution is -2.38. The molecule has 0 fully saturated rings. The molecule has 0 aliphatic heterocycles. The van der Waals surface area contributed by atoms with Crippen molar-refractivity contribution in [1.82, 2.24) is 5.32 Å². The maximum atomic E-state index is 13.6. The molecule has 36 heavy (non-hydrogen) atoms. The van der Waals surface area contributed by atoms with E-state index >= 15 is 0 Å². The summed E-state index contributed by atoms with van der Waals surface area (Å²) in [6, 6.07) is 19.4. The molecule has 2 amide bonds. The van der Waals surface area contributed by atoms with Crippen molar-refractivity contribution in [2.75, 3.05) is 23.3 Å². The number of carbonyl (C=O) groups is 2. The fraction of sp³-hybridized carbons (Fsp3) is 0.259. The Hall–Kier alpha value is -3.85. The van der Waals surface area contributed by atoms with Gasteiger partial charge >= 0.3 is 0 Å². The zero-order valence-electron chi connectivity index (χ0n) is 20.8. The Morgan fingerprint density at radius 2 is 1.61 bits per heavy atom. The van der Waals surface area contributed by atoms with Crippen LogP contribution in [0.5, 0.6) is 5.75 Å². The van der Waals surface area contributed by atoms with E-state index in [-0.39, 0.29) is 16.8 Å². The van der Waals surface area contributed by atoms with Gasteiger partial charge in [0, 0.05) is 6.04 Å². The van der Waals surface area contributed by atoms with Crippen molar-refractivity contribution in [2.45, 2.75) is 38.1 Å². The van der Waals surface area contributed by atoms with E-state index in [2.05, 4.69) is 10.6 Å². The molecule has 3 aromatic carbocycles. The summed E-state index contributed by atoms with van der Waals surface area (Å²) in [5.41, 5.74) is 1.80. The van der Waals surface area contributed by atoms with Crippen LogP contribution in [0.3, 0.4) is 0 Å². The third kappa shape index (κ3) is 6.42. The number of hydrogen-bond acceptors (Lipinski definition) is 5. The van der Waals surface area contributed by atoms with Crippen LogP contribution in [-0.2, 0) is 14.8 Å². The summed E-state index contributed by atoms with van der Waals surface area (Å²) < 4.78 is 33.3. The predicted octanol–water partition coefficient (Wildman–Crippen LogP) is 4.37. The zero-order valence-corrected chi connectivity index (χ0v) is 21.6. The molecule has 8 nitrogen and oxygen atoms in total. The van der Waals surface area contributed by atoms with Crippen molar-refractivity contribution in [2.24, 2.45) is 0 Å². The number of anilines is 2. The number of ether oxygens (including phenoxy) is 1. The lowest BCUT2D eigenvalue weighted by atomic mass is 10.1. The van der Waals surface area contributed by atoms with Gasteiger partial charge in [0.05, 0.1) is 28.9 Å². The summed E-state index contributed by atoms with van der Waals surface area (Å²) in [6.07, 6.45) is 0.758. The average molecular weight is 510 g/mol. The number of para-hydroxylation sites is 1. The topological polar surface area (TPSA) is 105 Å². The fourth-order valence-corrected chi connectivity index (χ4v) is 4.84. The van der Waals surface area contributed by atoms with Gasteiger partial charge in [-0.2, -0.15) is 0 Å². The minimum atomic E-state index is -4.07. The summed E-state index contributed by atoms with van der Waals surface area (Å²) in [7, 11) is -2.56. The van der Waals surface area contributed by atoms with Gasteiger partial charge in [-0.25, -0.2) is 8.42 Å². The molecular formula is C27H31N3O5S. The molecule has 0 heterocycles. The number of aryl methyl sites for hydroxylation is 1. The highest BCUT2D eigenvalue weighted by Gasteiger charge is 2.28. The van der Waals surface area contributed by atoms with Crippen LogP contribution in [0.1, 0.15) is 36.2 Å². The molecule has 2 N–H and O–H groups in total. The first-order chi connectivity index (χ1) is 17.1. The Balaban J connectivity index is 1.91. The van der Waals surface area contributed by atoms with Crippen LogP contribution in [-0.4, -0.2) is 39.9 Å². The van der Waals surface area contributed by atoms with Gasteiger partial charge in [-0.05, 0) is 68.8 Å². The Kier molecular flexibility index (Phi) is 8.71. The van der Waals surface area contributed by atoms with Crippen molar-refractivity contribution >= 4 is 33.2 Å². The lowest BCUT2D eigenvalue weighted by Gasteiger charge is -2.24. The first-order valence-corrected chi connectivity index (χ1v) is 13.0. The van der Waals surface area contributed by atoms with Gasteiger partial charge in [0.25, 0.3) is 15.9 Å². The van der Waals surface area contributed by atoms with Gasteiger partial charge in [-0.15, -0.1) is 0 Å². The van der Waals surface area contributed by atoms with Crippen molar-refractivity contribution in [3.8, 4) is 5.75 Å². The molecule has 0 aliphatic carbocycles. The number of nitrogens with one attached hydrogen (secondary N) is 2. The highest BCUT2D eigenvalue weighted by atomic mass is 32.2. The lowest BCUT2D eigenvalue weighted by molar-refractivity contribution is -0.114. The molecule has 0 saturated heterocycles. The third-order valence-electron chi connectivity index (χ3n) is 5.69. The first kappa shape index (κ1) is 26.7. The molecule has 1 atom stereocenters. The van der Waals surface area contributed by atoms with E-state index in [0.717, 1.165) is 16.3 Å². The van der Waals surface area contributed by atoms with Gasteiger partial charge in [-0.1, -0.05) is 36.8 Å². The second kappa shape index (κ2) is 11.7. The minimum absolute atomic E-state index is 0.0357. The summed E-state index contributed by atoms with van der Waals surface area (Å²) in [6.45, 7) is 5.21. The maximum Gasteiger partial charge on any atom is 0.264 e. The Bertz CT molecular complexity index is 1310. The van der Waals surface area contributed by atoms with Crippen LogP contribution in [0.2, 0.25) is 0 Å². The summed E-state index contributed by atoms with van der Waals surface area (Å²) >= 11 is 0. The van der Waals surface area contributed by atoms with Gasteiger partial charge in [0.1, 0.15) is 12.3 Å². The SMILES string of the molecule is CC[C@H](C)NC(=O)c1ccccc1NC(=O)CN(c1ccc(OC)cc1)S(=O)(=O)c1ccc(C)cc1. The van der Waals surface area contributed by atoms with E-state index in [1.807, 2.05) is 20.8 Å². The van der Waals surface area contributed by atoms with Gasteiger partial charge in [0.15, 0.2) is 0 Å². The largest absolute Gasteiger partial charge is 0.497 e. The highest BCUT2D eigenvalue weighted by Crippen LogP contribution is 2.26. The van der Waals surface area contributed by atoms with Crippen LogP contribution in [0, 0.1) is 6.92 Å². The van der Waals surface area contributed by atoms with Gasteiger partial charge in [-0.3, -0.25) is 13.9 Å². The Morgan fingerprint density at radius 1 is 0.972 bits per heavy atom. The van der Waals surface area contributed by atoms with E-state index in [4.69, 9.17) is 4.74 Å². The average Bonchev–Trinajstić information content (AvgIpc) is 2.87. The van der Waals surface area contributed by atoms with Crippen LogP contribution in [0.25, 0.3) is 0 Å². The molecule has 0 unspecified atom stereocenters. The van der Waals surface area contributed by atoms with Gasteiger partial charge in [0.2, 0.25) is 5.91 Å². The molecule has 9 heteroatoms. The summed E-state index contributed by atoms with van der Waals surface area (Å²) in [4.78, 5) is 25.9. The highest BCUT2D eigenvalue weighted by molar-refractivity contribution is 7.92. The van der Waals surface area contributed by atoms with E-state index in [0.29, 0.717) is 22.7 Å². The minimum Gasteiger partial charge on any atom is -0.497 e. The molecular weight excluding hydrogens is 478 g/mol. The van der Waals surface area contributed by atoms with Crippen molar-refractivity contribution in [3.05, 3.63) is 83.9 Å². The van der Waals surface area contributed by atoms with Crippen LogP contribution < -0.4 is 19.7 Å². The number of rotatable bonds is 10. The number of amides is 2. The second-order valence-electron chi connectivity index (χ2n) is 8.40. The molecule has 0 aromatic heterocycles. The molecule has 0 saturated carbocycles. The Labute approximate surface area is 212 Å². The quantitative estimate of drug-likeness (QED) is 0.422. The zero-order chi connectivity index (χ0) is 26.3. The van der Waals surface area contributed by atoms with E-state index in [9.17, 15) is 18.0 Å². The normalized spacial score (nSPS) is 11.9. The number of methoxy groups -OCH3 is 1. The molecule has 0 aliphatic rings. The van der Waals surface area contributed by atoms with Crippen LogP contribution in [0.15, 0.2) is 77.7 Å². The predicted molar refractivity (Wildman–Crippen MR) is 141 cm³/mol. The van der Waals surface area contributed by atoms with Crippen molar-refractivity contribution < 1.29 is 22.7 Å². The monoisotopic (exact) mass is 509 g/mol. The number of hydrogen-bond donors (Lipinski definition) is 2. The fourth-order valence-electron chi connectivity index (χ4n) is 3.41. The standard InChI is InChI=1S/C27H31N3O5S/c1-5-20(3)28-27(32)24-8-6-7-9-25(24)29-26(31)18-30(21-12-14-22(35-4)15-13-21)36(33,34)23-16-10-19(2)11-17-23/h6-17,20H,5,18H2,1-4H3,(H,28,32)(H,29,31)/t20-/m0/s1. The number of carbonyl (C=O) groups excluding carboxylic acids is 2. The number of nitrogens with zero attached hydrogens (tertiary/aromatic N) is 1. The number of benzene rings is 3. The number of sulfonamides is 1. The molecule has 3 aromatic rings. The third-order valence-corrected chi connectivity index (χ3v) is 7.48. The van der Waals surface area contributed by atoms with E-state index in [1.165, 1.54) is 19.2 Å². The molecule has 0 spiro atoms. The molecule has 3 rings (SSSR count). The van der Waals surface area contributed by atoms with Crippen LogP contribution >= 0.6 is 0 Å². The smallest absolute Gasteiger partial charge is 0.264 e. The van der Waals surface area contributed by atoms with E-state index < -0.39 is 22.5 Å². The molecule has 0 bridgehead atoms. The molecule has 190 valence electrons. The first-order valence-electron chi connectivity index (χ1n) is 11.6. The Morgan fingerprint density at radius 3 is 2.22 bits per heavy atom. The molecule has 0 radical (unpaired) electrons. The van der Waals surface area contributed by atoms with Gasteiger partial charge < -0.3 is 15.4 Å².